The first-order valence-corrected chi connectivity index (χ1v) is 6.61. The highest BCUT2D eigenvalue weighted by atomic mass is 16.3. The predicted octanol–water partition coefficient (Wildman–Crippen LogP) is 3.00. The molecule has 17 heavy (non-hydrogen) atoms. The summed E-state index contributed by atoms with van der Waals surface area (Å²) in [6, 6.07) is 2.52. The number of rotatable bonds is 2. The number of aromatic hydroxyl groups is 1. The van der Waals surface area contributed by atoms with E-state index in [-0.39, 0.29) is 0 Å². The molecule has 1 aliphatic heterocycles. The monoisotopic (exact) mass is 233 g/mol. The van der Waals surface area contributed by atoms with E-state index in [1.165, 1.54) is 36.0 Å². The highest BCUT2D eigenvalue weighted by Crippen LogP contribution is 2.28. The Kier molecular flexibility index (Phi) is 3.72. The maximum absolute atomic E-state index is 9.80. The average molecular weight is 233 g/mol. The molecule has 0 amide bonds. The Morgan fingerprint density at radius 2 is 2.00 bits per heavy atom. The van der Waals surface area contributed by atoms with Gasteiger partial charge < -0.3 is 10.4 Å². The van der Waals surface area contributed by atoms with Crippen molar-refractivity contribution in [1.29, 1.82) is 0 Å². The SMILES string of the molecule is Cc1cc(O)c(C)c(C)c1CC1CCCCN1. The molecule has 2 nitrogen and oxygen atoms in total. The first-order chi connectivity index (χ1) is 8.09. The predicted molar refractivity (Wildman–Crippen MR) is 71.7 cm³/mol. The van der Waals surface area contributed by atoms with Gasteiger partial charge in [0.25, 0.3) is 0 Å². The van der Waals surface area contributed by atoms with Crippen molar-refractivity contribution in [3.8, 4) is 5.75 Å². The second-order valence-electron chi connectivity index (χ2n) is 5.29. The quantitative estimate of drug-likeness (QED) is 0.823. The van der Waals surface area contributed by atoms with Gasteiger partial charge in [0, 0.05) is 6.04 Å². The van der Waals surface area contributed by atoms with E-state index in [0.717, 1.165) is 18.5 Å². The number of aryl methyl sites for hydroxylation is 1. The van der Waals surface area contributed by atoms with Crippen LogP contribution in [0.3, 0.4) is 0 Å². The van der Waals surface area contributed by atoms with Gasteiger partial charge >= 0.3 is 0 Å². The minimum Gasteiger partial charge on any atom is -0.508 e. The number of nitrogens with one attached hydrogen (secondary N) is 1. The standard InChI is InChI=1S/C15H23NO/c1-10-8-15(17)12(3)11(2)14(10)9-13-6-4-5-7-16-13/h8,13,16-17H,4-7,9H2,1-3H3. The van der Waals surface area contributed by atoms with Gasteiger partial charge in [-0.25, -0.2) is 0 Å². The summed E-state index contributed by atoms with van der Waals surface area (Å²) in [5, 5.41) is 13.4. The van der Waals surface area contributed by atoms with Crippen LogP contribution in [0.2, 0.25) is 0 Å². The zero-order valence-electron chi connectivity index (χ0n) is 11.1. The Labute approximate surface area is 104 Å². The van der Waals surface area contributed by atoms with E-state index in [2.05, 4.69) is 19.2 Å². The van der Waals surface area contributed by atoms with E-state index in [4.69, 9.17) is 0 Å². The summed E-state index contributed by atoms with van der Waals surface area (Å²) in [6.07, 6.45) is 5.02. The lowest BCUT2D eigenvalue weighted by Crippen LogP contribution is -2.36. The number of hydrogen-bond donors (Lipinski definition) is 2. The van der Waals surface area contributed by atoms with Crippen molar-refractivity contribution in [3.05, 3.63) is 28.3 Å². The molecule has 2 rings (SSSR count). The van der Waals surface area contributed by atoms with E-state index >= 15 is 0 Å². The Morgan fingerprint density at radius 3 is 2.65 bits per heavy atom. The molecule has 1 aromatic carbocycles. The number of benzene rings is 1. The van der Waals surface area contributed by atoms with Crippen molar-refractivity contribution in [2.75, 3.05) is 6.54 Å². The van der Waals surface area contributed by atoms with E-state index in [1.807, 2.05) is 13.0 Å². The topological polar surface area (TPSA) is 32.3 Å². The summed E-state index contributed by atoms with van der Waals surface area (Å²) in [5.74, 6) is 0.431. The summed E-state index contributed by atoms with van der Waals surface area (Å²) in [7, 11) is 0. The molecule has 94 valence electrons. The van der Waals surface area contributed by atoms with Gasteiger partial charge in [0.15, 0.2) is 0 Å². The van der Waals surface area contributed by atoms with Crippen LogP contribution in [0.4, 0.5) is 0 Å². The zero-order chi connectivity index (χ0) is 12.4. The Balaban J connectivity index is 2.22. The molecule has 0 aliphatic carbocycles. The Bertz CT molecular complexity index is 406. The van der Waals surface area contributed by atoms with Gasteiger partial charge in [-0.3, -0.25) is 0 Å². The minimum absolute atomic E-state index is 0.431. The van der Waals surface area contributed by atoms with Crippen LogP contribution in [-0.4, -0.2) is 17.7 Å². The number of hydrogen-bond acceptors (Lipinski definition) is 2. The maximum Gasteiger partial charge on any atom is 0.119 e. The second-order valence-corrected chi connectivity index (χ2v) is 5.29. The lowest BCUT2D eigenvalue weighted by Gasteiger charge is -2.25. The van der Waals surface area contributed by atoms with E-state index in [0.29, 0.717) is 11.8 Å². The molecule has 1 heterocycles. The molecule has 2 N–H and O–H groups in total. The molecule has 0 radical (unpaired) electrons. The van der Waals surface area contributed by atoms with Crippen LogP contribution in [0.25, 0.3) is 0 Å². The zero-order valence-corrected chi connectivity index (χ0v) is 11.1. The van der Waals surface area contributed by atoms with Crippen molar-refractivity contribution in [2.24, 2.45) is 0 Å². The molecule has 1 fully saturated rings. The van der Waals surface area contributed by atoms with Crippen molar-refractivity contribution in [3.63, 3.8) is 0 Å². The van der Waals surface area contributed by atoms with Gasteiger partial charge in [0.2, 0.25) is 0 Å². The van der Waals surface area contributed by atoms with Crippen molar-refractivity contribution < 1.29 is 5.11 Å². The van der Waals surface area contributed by atoms with Gasteiger partial charge in [-0.15, -0.1) is 0 Å². The number of phenolic OH excluding ortho intramolecular Hbond substituents is 1. The lowest BCUT2D eigenvalue weighted by molar-refractivity contribution is 0.398. The fourth-order valence-electron chi connectivity index (χ4n) is 2.77. The third kappa shape index (κ3) is 2.63. The normalized spacial score (nSPS) is 20.5. The summed E-state index contributed by atoms with van der Waals surface area (Å²) >= 11 is 0. The van der Waals surface area contributed by atoms with Crippen LogP contribution in [0.5, 0.6) is 5.75 Å². The van der Waals surface area contributed by atoms with Gasteiger partial charge in [-0.1, -0.05) is 6.42 Å². The summed E-state index contributed by atoms with van der Waals surface area (Å²) in [6.45, 7) is 7.38. The number of piperidine rings is 1. The van der Waals surface area contributed by atoms with Crippen LogP contribution in [0.15, 0.2) is 6.07 Å². The molecule has 0 aromatic heterocycles. The second kappa shape index (κ2) is 5.09. The van der Waals surface area contributed by atoms with Crippen LogP contribution in [0.1, 0.15) is 41.5 Å². The molecule has 2 heteroatoms. The van der Waals surface area contributed by atoms with E-state index in [9.17, 15) is 5.11 Å². The first-order valence-electron chi connectivity index (χ1n) is 6.61. The van der Waals surface area contributed by atoms with Crippen LogP contribution in [0, 0.1) is 20.8 Å². The largest absolute Gasteiger partial charge is 0.508 e. The summed E-state index contributed by atoms with van der Waals surface area (Å²) in [5.41, 5.74) is 4.92. The van der Waals surface area contributed by atoms with Crippen molar-refractivity contribution in [2.45, 2.75) is 52.5 Å². The summed E-state index contributed by atoms with van der Waals surface area (Å²) < 4.78 is 0. The average Bonchev–Trinajstić information content (AvgIpc) is 2.33. The highest BCUT2D eigenvalue weighted by molar-refractivity contribution is 5.47. The minimum atomic E-state index is 0.431. The number of phenols is 1. The van der Waals surface area contributed by atoms with Gasteiger partial charge in [0.05, 0.1) is 0 Å². The Morgan fingerprint density at radius 1 is 1.24 bits per heavy atom. The lowest BCUT2D eigenvalue weighted by atomic mass is 9.90. The molecule has 1 unspecified atom stereocenters. The maximum atomic E-state index is 9.80. The smallest absolute Gasteiger partial charge is 0.119 e. The molecule has 1 atom stereocenters. The fourth-order valence-corrected chi connectivity index (χ4v) is 2.77. The molecule has 0 spiro atoms. The van der Waals surface area contributed by atoms with E-state index < -0.39 is 0 Å². The molecule has 1 saturated heterocycles. The van der Waals surface area contributed by atoms with Crippen LogP contribution < -0.4 is 5.32 Å². The highest BCUT2D eigenvalue weighted by Gasteiger charge is 2.17. The van der Waals surface area contributed by atoms with Gasteiger partial charge in [-0.05, 0) is 74.9 Å². The summed E-state index contributed by atoms with van der Waals surface area (Å²) in [4.78, 5) is 0. The van der Waals surface area contributed by atoms with Crippen molar-refractivity contribution >= 4 is 0 Å². The molecule has 0 saturated carbocycles. The Hall–Kier alpha value is -1.02. The molecular weight excluding hydrogens is 210 g/mol. The van der Waals surface area contributed by atoms with Crippen LogP contribution in [-0.2, 0) is 6.42 Å². The fraction of sp³-hybridized carbons (Fsp3) is 0.600. The first kappa shape index (κ1) is 12.4. The molecular formula is C15H23NO. The third-order valence-corrected chi connectivity index (χ3v) is 4.09. The van der Waals surface area contributed by atoms with Crippen molar-refractivity contribution in [1.82, 2.24) is 5.32 Å². The van der Waals surface area contributed by atoms with E-state index in [1.54, 1.807) is 0 Å². The molecule has 0 bridgehead atoms. The molecule has 1 aliphatic rings. The van der Waals surface area contributed by atoms with Gasteiger partial charge in [0.1, 0.15) is 5.75 Å². The third-order valence-electron chi connectivity index (χ3n) is 4.09. The van der Waals surface area contributed by atoms with Crippen LogP contribution >= 0.6 is 0 Å². The molecule has 1 aromatic rings. The van der Waals surface area contributed by atoms with Gasteiger partial charge in [-0.2, -0.15) is 0 Å².